The van der Waals surface area contributed by atoms with Crippen molar-refractivity contribution in [2.24, 2.45) is 0 Å². The summed E-state index contributed by atoms with van der Waals surface area (Å²) >= 11 is 5.89. The van der Waals surface area contributed by atoms with Crippen LogP contribution in [0.25, 0.3) is 0 Å². The number of nitrogens with one attached hydrogen (secondary N) is 1. The first-order valence-corrected chi connectivity index (χ1v) is 11.1. The monoisotopic (exact) mass is 440 g/mol. The molecule has 7 nitrogen and oxygen atoms in total. The summed E-state index contributed by atoms with van der Waals surface area (Å²) < 4.78 is 33.0. The van der Waals surface area contributed by atoms with E-state index in [4.69, 9.17) is 21.5 Å². The largest absolute Gasteiger partial charge is 0.497 e. The first-order chi connectivity index (χ1) is 13.9. The Hall–Kier alpha value is -2.29. The topological polar surface area (TPSA) is 95.9 Å². The normalized spacial score (nSPS) is 11.1. The van der Waals surface area contributed by atoms with E-state index in [2.05, 4.69) is 0 Å². The molecule has 0 saturated carbocycles. The lowest BCUT2D eigenvalue weighted by Gasteiger charge is -2.25. The van der Waals surface area contributed by atoms with Crippen molar-refractivity contribution in [2.75, 3.05) is 18.0 Å². The Labute approximate surface area is 176 Å². The number of carbonyl (C=O) groups excluding carboxylic acids is 1. The van der Waals surface area contributed by atoms with Gasteiger partial charge >= 0.3 is 0 Å². The van der Waals surface area contributed by atoms with Gasteiger partial charge in [-0.3, -0.25) is 14.3 Å². The Kier molecular flexibility index (Phi) is 8.75. The standard InChI is InChI=1S/C20H25ClN2O5S/c1-28-18-11-9-17(10-12-18)23(15-5-3-2-4-6-20(24)22-25)29(26,27)19-13-7-16(21)8-14-19/h7-14,25H,2-6,15H2,1H3,(H,22,24). The molecule has 0 unspecified atom stereocenters. The second-order valence-electron chi connectivity index (χ2n) is 6.43. The fourth-order valence-corrected chi connectivity index (χ4v) is 4.45. The van der Waals surface area contributed by atoms with Crippen molar-refractivity contribution < 1.29 is 23.2 Å². The number of rotatable bonds is 11. The van der Waals surface area contributed by atoms with Crippen LogP contribution in [0.3, 0.4) is 0 Å². The molecule has 0 heterocycles. The van der Waals surface area contributed by atoms with Crippen molar-refractivity contribution in [2.45, 2.75) is 37.0 Å². The predicted molar refractivity (Wildman–Crippen MR) is 112 cm³/mol. The van der Waals surface area contributed by atoms with E-state index in [1.807, 2.05) is 0 Å². The molecule has 0 fully saturated rings. The molecule has 158 valence electrons. The third-order valence-corrected chi connectivity index (χ3v) is 6.50. The molecule has 0 atom stereocenters. The molecule has 2 rings (SSSR count). The van der Waals surface area contributed by atoms with Gasteiger partial charge < -0.3 is 4.74 Å². The fraction of sp³-hybridized carbons (Fsp3) is 0.350. The first kappa shape index (κ1) is 23.0. The molecule has 0 aliphatic carbocycles. The second kappa shape index (κ2) is 11.0. The Bertz CT molecular complexity index is 886. The van der Waals surface area contributed by atoms with Crippen molar-refractivity contribution >= 4 is 33.2 Å². The zero-order chi connectivity index (χ0) is 21.3. The van der Waals surface area contributed by atoms with Crippen LogP contribution < -0.4 is 14.5 Å². The molecule has 0 radical (unpaired) electrons. The highest BCUT2D eigenvalue weighted by atomic mass is 35.5. The highest BCUT2D eigenvalue weighted by Crippen LogP contribution is 2.27. The summed E-state index contributed by atoms with van der Waals surface area (Å²) in [4.78, 5) is 11.2. The molecule has 0 saturated heterocycles. The van der Waals surface area contributed by atoms with Crippen LogP contribution in [-0.2, 0) is 14.8 Å². The fourth-order valence-electron chi connectivity index (χ4n) is 2.82. The maximum absolute atomic E-state index is 13.2. The Balaban J connectivity index is 2.13. The number of hydrogen-bond acceptors (Lipinski definition) is 5. The molecule has 1 amide bonds. The second-order valence-corrected chi connectivity index (χ2v) is 8.73. The minimum Gasteiger partial charge on any atom is -0.497 e. The number of sulfonamides is 1. The Morgan fingerprint density at radius 1 is 1.03 bits per heavy atom. The quantitative estimate of drug-likeness (QED) is 0.313. The minimum absolute atomic E-state index is 0.164. The Morgan fingerprint density at radius 3 is 2.24 bits per heavy atom. The number of anilines is 1. The summed E-state index contributed by atoms with van der Waals surface area (Å²) in [5.74, 6) is 0.218. The number of carbonyl (C=O) groups is 1. The molecule has 2 aromatic rings. The molecule has 0 bridgehead atoms. The summed E-state index contributed by atoms with van der Waals surface area (Å²) in [5, 5.41) is 8.96. The maximum Gasteiger partial charge on any atom is 0.264 e. The minimum atomic E-state index is -3.76. The number of hydroxylamine groups is 1. The molecular formula is C20H25ClN2O5S. The molecule has 2 N–H and O–H groups in total. The molecule has 29 heavy (non-hydrogen) atoms. The van der Waals surface area contributed by atoms with E-state index in [9.17, 15) is 13.2 Å². The van der Waals surface area contributed by atoms with E-state index in [1.54, 1.807) is 49.0 Å². The summed E-state index contributed by atoms with van der Waals surface area (Å²) in [6.45, 7) is 0.295. The summed E-state index contributed by atoms with van der Waals surface area (Å²) in [5.41, 5.74) is 2.14. The van der Waals surface area contributed by atoms with Gasteiger partial charge in [0.25, 0.3) is 10.0 Å². The zero-order valence-corrected chi connectivity index (χ0v) is 17.7. The van der Waals surface area contributed by atoms with E-state index in [0.29, 0.717) is 35.8 Å². The van der Waals surface area contributed by atoms with E-state index in [0.717, 1.165) is 12.8 Å². The lowest BCUT2D eigenvalue weighted by molar-refractivity contribution is -0.129. The van der Waals surface area contributed by atoms with E-state index in [-0.39, 0.29) is 11.3 Å². The van der Waals surface area contributed by atoms with Crippen LogP contribution >= 0.6 is 11.6 Å². The third kappa shape index (κ3) is 6.62. The molecule has 0 aliphatic rings. The number of methoxy groups -OCH3 is 1. The van der Waals surface area contributed by atoms with Crippen molar-refractivity contribution in [3.8, 4) is 5.75 Å². The van der Waals surface area contributed by atoms with E-state index < -0.39 is 15.9 Å². The maximum atomic E-state index is 13.2. The summed E-state index contributed by atoms with van der Waals surface area (Å²) in [6, 6.07) is 12.9. The van der Waals surface area contributed by atoms with Gasteiger partial charge in [-0.25, -0.2) is 13.9 Å². The highest BCUT2D eigenvalue weighted by Gasteiger charge is 2.24. The highest BCUT2D eigenvalue weighted by molar-refractivity contribution is 7.92. The van der Waals surface area contributed by atoms with Gasteiger partial charge in [0.1, 0.15) is 5.75 Å². The molecule has 0 aromatic heterocycles. The molecular weight excluding hydrogens is 416 g/mol. The van der Waals surface area contributed by atoms with Crippen LogP contribution in [0.1, 0.15) is 32.1 Å². The van der Waals surface area contributed by atoms with E-state index in [1.165, 1.54) is 16.4 Å². The summed E-state index contributed by atoms with van der Waals surface area (Å²) in [7, 11) is -2.21. The van der Waals surface area contributed by atoms with Gasteiger partial charge in [-0.05, 0) is 61.4 Å². The first-order valence-electron chi connectivity index (χ1n) is 9.24. The van der Waals surface area contributed by atoms with Crippen LogP contribution in [-0.4, -0.2) is 33.2 Å². The molecule has 0 aliphatic heterocycles. The van der Waals surface area contributed by atoms with Gasteiger partial charge in [0.05, 0.1) is 17.7 Å². The number of hydrogen-bond donors (Lipinski definition) is 2. The van der Waals surface area contributed by atoms with Gasteiger partial charge in [0, 0.05) is 18.0 Å². The predicted octanol–water partition coefficient (Wildman–Crippen LogP) is 4.00. The van der Waals surface area contributed by atoms with Crippen LogP contribution in [0.4, 0.5) is 5.69 Å². The van der Waals surface area contributed by atoms with Crippen molar-refractivity contribution in [1.82, 2.24) is 5.48 Å². The number of nitrogens with zero attached hydrogens (tertiary/aromatic N) is 1. The zero-order valence-electron chi connectivity index (χ0n) is 16.2. The van der Waals surface area contributed by atoms with Crippen LogP contribution in [0, 0.1) is 0 Å². The lowest BCUT2D eigenvalue weighted by atomic mass is 10.1. The van der Waals surface area contributed by atoms with Gasteiger partial charge in [0.15, 0.2) is 0 Å². The smallest absolute Gasteiger partial charge is 0.264 e. The van der Waals surface area contributed by atoms with Crippen LogP contribution in [0.2, 0.25) is 5.02 Å². The number of unbranched alkanes of at least 4 members (excludes halogenated alkanes) is 3. The number of ether oxygens (including phenoxy) is 1. The van der Waals surface area contributed by atoms with Crippen molar-refractivity contribution in [1.29, 1.82) is 0 Å². The SMILES string of the molecule is COc1ccc(N(CCCCCCC(=O)NO)S(=O)(=O)c2ccc(Cl)cc2)cc1. The van der Waals surface area contributed by atoms with Crippen LogP contribution in [0.5, 0.6) is 5.75 Å². The van der Waals surface area contributed by atoms with E-state index >= 15 is 0 Å². The number of benzene rings is 2. The molecule has 0 spiro atoms. The van der Waals surface area contributed by atoms with Crippen molar-refractivity contribution in [3.05, 3.63) is 53.6 Å². The molecule has 9 heteroatoms. The number of halogens is 1. The van der Waals surface area contributed by atoms with Crippen molar-refractivity contribution in [3.63, 3.8) is 0 Å². The number of amides is 1. The third-order valence-electron chi connectivity index (χ3n) is 4.40. The van der Waals surface area contributed by atoms with Gasteiger partial charge in [-0.2, -0.15) is 0 Å². The Morgan fingerprint density at radius 2 is 1.66 bits per heavy atom. The molecule has 2 aromatic carbocycles. The summed E-state index contributed by atoms with van der Waals surface area (Å²) in [6.07, 6.45) is 2.99. The lowest BCUT2D eigenvalue weighted by Crippen LogP contribution is -2.32. The van der Waals surface area contributed by atoms with Gasteiger partial charge in [-0.15, -0.1) is 0 Å². The average molecular weight is 441 g/mol. The van der Waals surface area contributed by atoms with Crippen LogP contribution in [0.15, 0.2) is 53.4 Å². The average Bonchev–Trinajstić information content (AvgIpc) is 2.73. The van der Waals surface area contributed by atoms with Gasteiger partial charge in [0.2, 0.25) is 5.91 Å². The van der Waals surface area contributed by atoms with Gasteiger partial charge in [-0.1, -0.05) is 24.4 Å².